The number of aryl methyl sites for hydroxylation is 1. The van der Waals surface area contributed by atoms with Crippen molar-refractivity contribution in [1.29, 1.82) is 0 Å². The van der Waals surface area contributed by atoms with Crippen LogP contribution in [0.2, 0.25) is 5.02 Å². The van der Waals surface area contributed by atoms with Crippen LogP contribution in [-0.2, 0) is 0 Å². The lowest BCUT2D eigenvalue weighted by Crippen LogP contribution is -2.20. The second-order valence-electron chi connectivity index (χ2n) is 5.45. The number of rotatable bonds is 5. The molecule has 6 nitrogen and oxygen atoms in total. The third kappa shape index (κ3) is 4.98. The summed E-state index contributed by atoms with van der Waals surface area (Å²) in [6.07, 6.45) is -3.44. The maximum atomic E-state index is 12.3. The van der Waals surface area contributed by atoms with E-state index in [1.165, 1.54) is 6.07 Å². The van der Waals surface area contributed by atoms with E-state index in [1.54, 1.807) is 17.4 Å². The molecule has 3 rings (SSSR count). The Balaban J connectivity index is 1.68. The molecule has 0 spiro atoms. The maximum Gasteiger partial charge on any atom is 0.422 e. The summed E-state index contributed by atoms with van der Waals surface area (Å²) in [7, 11) is 0. The van der Waals surface area contributed by atoms with Gasteiger partial charge in [0.2, 0.25) is 5.88 Å². The van der Waals surface area contributed by atoms with Crippen LogP contribution in [0, 0.1) is 6.92 Å². The molecule has 11 heteroatoms. The summed E-state index contributed by atoms with van der Waals surface area (Å²) < 4.78 is 41.0. The first kappa shape index (κ1) is 19.2. The molecule has 0 bridgehead atoms. The molecule has 0 aliphatic heterocycles. The molecule has 0 aliphatic rings. The van der Waals surface area contributed by atoms with Crippen LogP contribution >= 0.6 is 22.9 Å². The van der Waals surface area contributed by atoms with E-state index < -0.39 is 24.6 Å². The number of pyridine rings is 1. The normalized spacial score (nSPS) is 11.4. The lowest BCUT2D eigenvalue weighted by Gasteiger charge is -2.10. The number of thiophene rings is 1. The molecule has 0 unspecified atom stereocenters. The highest BCUT2D eigenvalue weighted by atomic mass is 35.5. The Labute approximate surface area is 160 Å². The maximum absolute atomic E-state index is 12.3. The predicted molar refractivity (Wildman–Crippen MR) is 95.4 cm³/mol. The molecule has 3 aromatic rings. The van der Waals surface area contributed by atoms with Crippen molar-refractivity contribution in [2.24, 2.45) is 0 Å². The van der Waals surface area contributed by atoms with Crippen molar-refractivity contribution in [1.82, 2.24) is 15.2 Å². The Kier molecular flexibility index (Phi) is 5.38. The van der Waals surface area contributed by atoms with Gasteiger partial charge in [-0.25, -0.2) is 4.98 Å². The minimum atomic E-state index is -4.51. The second kappa shape index (κ2) is 7.57. The van der Waals surface area contributed by atoms with Crippen LogP contribution in [0.25, 0.3) is 10.6 Å². The van der Waals surface area contributed by atoms with E-state index in [1.807, 2.05) is 19.1 Å². The number of nitrogens with zero attached hydrogens (tertiary/aromatic N) is 2. The molecule has 0 saturated carbocycles. The summed E-state index contributed by atoms with van der Waals surface area (Å²) in [5.74, 6) is -0.678. The van der Waals surface area contributed by atoms with Crippen molar-refractivity contribution >= 4 is 34.7 Å². The first-order valence-corrected chi connectivity index (χ1v) is 8.69. The van der Waals surface area contributed by atoms with Gasteiger partial charge in [-0.05, 0) is 25.1 Å². The minimum absolute atomic E-state index is 0.0517. The van der Waals surface area contributed by atoms with Crippen LogP contribution in [0.4, 0.5) is 19.0 Å². The molecule has 2 N–H and O–H groups in total. The minimum Gasteiger partial charge on any atom is -0.467 e. The number of nitrogens with one attached hydrogen (secondary N) is 2. The number of anilines is 1. The summed E-state index contributed by atoms with van der Waals surface area (Å²) in [6, 6.07) is 6.74. The van der Waals surface area contributed by atoms with Gasteiger partial charge in [0, 0.05) is 17.1 Å². The van der Waals surface area contributed by atoms with Gasteiger partial charge in [0.25, 0.3) is 5.91 Å². The van der Waals surface area contributed by atoms with Gasteiger partial charge < -0.3 is 10.1 Å². The van der Waals surface area contributed by atoms with E-state index in [9.17, 15) is 18.0 Å². The molecule has 3 aromatic heterocycles. The lowest BCUT2D eigenvalue weighted by atomic mass is 10.2. The molecule has 0 aliphatic carbocycles. The second-order valence-corrected chi connectivity index (χ2v) is 7.14. The highest BCUT2D eigenvalue weighted by Gasteiger charge is 2.29. The van der Waals surface area contributed by atoms with Crippen molar-refractivity contribution < 1.29 is 22.7 Å². The van der Waals surface area contributed by atoms with Crippen LogP contribution in [0.1, 0.15) is 15.2 Å². The molecule has 0 saturated heterocycles. The Hall–Kier alpha value is -2.59. The van der Waals surface area contributed by atoms with E-state index in [-0.39, 0.29) is 16.4 Å². The number of hydrogen-bond acceptors (Lipinski definition) is 5. The van der Waals surface area contributed by atoms with Crippen LogP contribution in [-0.4, -0.2) is 33.9 Å². The van der Waals surface area contributed by atoms with E-state index in [2.05, 4.69) is 25.2 Å². The third-order valence-corrected chi connectivity index (χ3v) is 4.57. The average Bonchev–Trinajstić information content (AvgIpc) is 3.21. The van der Waals surface area contributed by atoms with E-state index in [0.717, 1.165) is 21.6 Å². The van der Waals surface area contributed by atoms with Crippen LogP contribution in [0.3, 0.4) is 0 Å². The number of carbonyl (C=O) groups is 1. The SMILES string of the molecule is Cc1ccc(-c2cc(NC(=O)c3cnc(OCC(F)(F)F)c(Cl)c3)n[nH]2)s1. The molecule has 3 heterocycles. The van der Waals surface area contributed by atoms with Crippen molar-refractivity contribution in [3.63, 3.8) is 0 Å². The third-order valence-electron chi connectivity index (χ3n) is 3.27. The summed E-state index contributed by atoms with van der Waals surface area (Å²) in [5, 5.41) is 9.19. The zero-order valence-corrected chi connectivity index (χ0v) is 15.3. The lowest BCUT2D eigenvalue weighted by molar-refractivity contribution is -0.154. The van der Waals surface area contributed by atoms with Gasteiger partial charge in [-0.2, -0.15) is 18.3 Å². The molecule has 0 atom stereocenters. The number of halogens is 4. The van der Waals surface area contributed by atoms with Crippen molar-refractivity contribution in [2.75, 3.05) is 11.9 Å². The first-order valence-electron chi connectivity index (χ1n) is 7.50. The zero-order chi connectivity index (χ0) is 19.6. The number of ether oxygens (including phenoxy) is 1. The van der Waals surface area contributed by atoms with Crippen molar-refractivity contribution in [3.05, 3.63) is 45.9 Å². The first-order chi connectivity index (χ1) is 12.7. The predicted octanol–water partition coefficient (Wildman–Crippen LogP) is 4.69. The Bertz CT molecular complexity index is 971. The van der Waals surface area contributed by atoms with Gasteiger partial charge in [0.1, 0.15) is 5.02 Å². The molecular weight excluding hydrogens is 405 g/mol. The van der Waals surface area contributed by atoms with Crippen molar-refractivity contribution in [2.45, 2.75) is 13.1 Å². The Morgan fingerprint density at radius 1 is 1.37 bits per heavy atom. The number of carbonyl (C=O) groups excluding carboxylic acids is 1. The number of aromatic nitrogens is 3. The van der Waals surface area contributed by atoms with Gasteiger partial charge in [-0.3, -0.25) is 9.89 Å². The highest BCUT2D eigenvalue weighted by Crippen LogP contribution is 2.28. The molecule has 0 aromatic carbocycles. The van der Waals surface area contributed by atoms with Crippen LogP contribution in [0.15, 0.2) is 30.5 Å². The molecule has 142 valence electrons. The average molecular weight is 417 g/mol. The standard InChI is InChI=1S/C16H12ClF3N4O2S/c1-8-2-3-12(27-8)11-5-13(24-23-11)22-14(25)9-4-10(17)15(21-6-9)26-7-16(18,19)20/h2-6H,7H2,1H3,(H2,22,23,24,25). The molecule has 0 radical (unpaired) electrons. The molecular formula is C16H12ClF3N4O2S. The van der Waals surface area contributed by atoms with Gasteiger partial charge >= 0.3 is 6.18 Å². The quantitative estimate of drug-likeness (QED) is 0.632. The van der Waals surface area contributed by atoms with Gasteiger partial charge in [0.15, 0.2) is 12.4 Å². The fourth-order valence-electron chi connectivity index (χ4n) is 2.09. The topological polar surface area (TPSA) is 79.9 Å². The van der Waals surface area contributed by atoms with Crippen LogP contribution in [0.5, 0.6) is 5.88 Å². The van der Waals surface area contributed by atoms with E-state index in [4.69, 9.17) is 11.6 Å². The molecule has 27 heavy (non-hydrogen) atoms. The van der Waals surface area contributed by atoms with Gasteiger partial charge in [-0.15, -0.1) is 11.3 Å². The molecule has 1 amide bonds. The van der Waals surface area contributed by atoms with Gasteiger partial charge in [0.05, 0.1) is 16.1 Å². The van der Waals surface area contributed by atoms with E-state index in [0.29, 0.717) is 0 Å². The Morgan fingerprint density at radius 2 is 2.15 bits per heavy atom. The van der Waals surface area contributed by atoms with E-state index >= 15 is 0 Å². The summed E-state index contributed by atoms with van der Waals surface area (Å²) in [5.41, 5.74) is 0.798. The summed E-state index contributed by atoms with van der Waals surface area (Å²) >= 11 is 7.41. The summed E-state index contributed by atoms with van der Waals surface area (Å²) in [6.45, 7) is 0.454. The monoisotopic (exact) mass is 416 g/mol. The summed E-state index contributed by atoms with van der Waals surface area (Å²) in [4.78, 5) is 18.0. The largest absolute Gasteiger partial charge is 0.467 e. The number of alkyl halides is 3. The molecule has 0 fully saturated rings. The highest BCUT2D eigenvalue weighted by molar-refractivity contribution is 7.15. The fraction of sp³-hybridized carbons (Fsp3) is 0.188. The van der Waals surface area contributed by atoms with Crippen LogP contribution < -0.4 is 10.1 Å². The fourth-order valence-corrected chi connectivity index (χ4v) is 3.14. The Morgan fingerprint density at radius 3 is 2.78 bits per heavy atom. The zero-order valence-electron chi connectivity index (χ0n) is 13.7. The number of H-pyrrole nitrogens is 1. The number of aromatic amines is 1. The van der Waals surface area contributed by atoms with Gasteiger partial charge in [-0.1, -0.05) is 11.6 Å². The number of hydrogen-bond donors (Lipinski definition) is 2. The van der Waals surface area contributed by atoms with Crippen molar-refractivity contribution in [3.8, 4) is 16.5 Å². The number of amides is 1. The smallest absolute Gasteiger partial charge is 0.422 e.